The Bertz CT molecular complexity index is 691. The fourth-order valence-corrected chi connectivity index (χ4v) is 3.81. The number of rotatable bonds is 4. The Morgan fingerprint density at radius 3 is 2.90 bits per heavy atom. The Morgan fingerprint density at radius 1 is 1.30 bits per heavy atom. The molecule has 0 saturated carbocycles. The van der Waals surface area contributed by atoms with Crippen LogP contribution in [0, 0.1) is 0 Å². The minimum absolute atomic E-state index is 0.261. The monoisotopic (exact) mass is 347 g/mol. The highest BCUT2D eigenvalue weighted by atomic mass is 79.9. The zero-order chi connectivity index (χ0) is 13.9. The first kappa shape index (κ1) is 13.4. The first-order chi connectivity index (χ1) is 9.74. The summed E-state index contributed by atoms with van der Waals surface area (Å²) in [5.41, 5.74) is 2.14. The Labute approximate surface area is 130 Å². The normalized spacial score (nSPS) is 12.3. The molecule has 1 unspecified atom stereocenters. The summed E-state index contributed by atoms with van der Waals surface area (Å²) in [4.78, 5) is 1.30. The number of hydrogen-bond acceptors (Lipinski definition) is 3. The third-order valence-electron chi connectivity index (χ3n) is 3.04. The molecule has 0 spiro atoms. The lowest BCUT2D eigenvalue weighted by Crippen LogP contribution is -2.06. The van der Waals surface area contributed by atoms with Gasteiger partial charge in [0.25, 0.3) is 0 Å². The van der Waals surface area contributed by atoms with E-state index in [4.69, 9.17) is 0 Å². The predicted octanol–water partition coefficient (Wildman–Crippen LogP) is 4.87. The zero-order valence-electron chi connectivity index (χ0n) is 11.0. The highest BCUT2D eigenvalue weighted by Crippen LogP contribution is 2.31. The van der Waals surface area contributed by atoms with Crippen molar-refractivity contribution in [2.24, 2.45) is 0 Å². The van der Waals surface area contributed by atoms with E-state index in [-0.39, 0.29) is 6.04 Å². The molecule has 0 aliphatic rings. The molecule has 2 heterocycles. The molecule has 3 rings (SSSR count). The van der Waals surface area contributed by atoms with Gasteiger partial charge in [-0.2, -0.15) is 5.10 Å². The summed E-state index contributed by atoms with van der Waals surface area (Å²) in [5.74, 6) is 0. The number of hydrogen-bond donors (Lipinski definition) is 1. The van der Waals surface area contributed by atoms with Crippen molar-refractivity contribution >= 4 is 33.0 Å². The van der Waals surface area contributed by atoms with Crippen molar-refractivity contribution < 1.29 is 0 Å². The Kier molecular flexibility index (Phi) is 3.89. The molecule has 2 aromatic heterocycles. The molecule has 1 aromatic carbocycles. The second-order valence-electron chi connectivity index (χ2n) is 4.50. The smallest absolute Gasteiger partial charge is 0.0666 e. The average Bonchev–Trinajstić information content (AvgIpc) is 3.09. The van der Waals surface area contributed by atoms with E-state index in [0.29, 0.717) is 0 Å². The molecular weight excluding hydrogens is 334 g/mol. The maximum Gasteiger partial charge on any atom is 0.0666 e. The van der Waals surface area contributed by atoms with Crippen molar-refractivity contribution in [3.63, 3.8) is 0 Å². The highest BCUT2D eigenvalue weighted by Gasteiger charge is 2.10. The van der Waals surface area contributed by atoms with Crippen LogP contribution >= 0.6 is 27.3 Å². The van der Waals surface area contributed by atoms with E-state index in [1.165, 1.54) is 4.88 Å². The molecule has 1 atom stereocenters. The number of nitrogens with one attached hydrogen (secondary N) is 1. The summed E-state index contributed by atoms with van der Waals surface area (Å²) in [6, 6.07) is 12.5. The minimum Gasteiger partial charge on any atom is -0.378 e. The van der Waals surface area contributed by atoms with Gasteiger partial charge in [-0.15, -0.1) is 11.3 Å². The van der Waals surface area contributed by atoms with Crippen LogP contribution in [0.2, 0.25) is 0 Å². The van der Waals surface area contributed by atoms with E-state index in [9.17, 15) is 0 Å². The molecule has 0 aliphatic carbocycles. The summed E-state index contributed by atoms with van der Waals surface area (Å²) in [6.07, 6.45) is 3.73. The second-order valence-corrected chi connectivity index (χ2v) is 6.30. The lowest BCUT2D eigenvalue weighted by atomic mass is 10.2. The SMILES string of the molecule is CC(Nc1cccc(-n2cccn2)c1)c1sccc1Br. The highest BCUT2D eigenvalue weighted by molar-refractivity contribution is 9.10. The number of nitrogens with zero attached hydrogens (tertiary/aromatic N) is 2. The number of anilines is 1. The van der Waals surface area contributed by atoms with Gasteiger partial charge in [0.15, 0.2) is 0 Å². The van der Waals surface area contributed by atoms with E-state index < -0.39 is 0 Å². The first-order valence-electron chi connectivity index (χ1n) is 6.33. The lowest BCUT2D eigenvalue weighted by molar-refractivity contribution is 0.874. The molecular formula is C15H14BrN3S. The van der Waals surface area contributed by atoms with E-state index in [1.54, 1.807) is 17.5 Å². The lowest BCUT2D eigenvalue weighted by Gasteiger charge is -2.15. The standard InChI is InChI=1S/C15H14BrN3S/c1-11(15-14(16)6-9-20-15)18-12-4-2-5-13(10-12)19-8-3-7-17-19/h2-11,18H,1H3. The van der Waals surface area contributed by atoms with Gasteiger partial charge in [0.05, 0.1) is 11.7 Å². The molecule has 0 saturated heterocycles. The maximum atomic E-state index is 4.25. The van der Waals surface area contributed by atoms with E-state index in [2.05, 4.69) is 56.8 Å². The number of thiophene rings is 1. The quantitative estimate of drug-likeness (QED) is 0.729. The van der Waals surface area contributed by atoms with Crippen molar-refractivity contribution in [2.75, 3.05) is 5.32 Å². The van der Waals surface area contributed by atoms with Crippen LogP contribution in [-0.4, -0.2) is 9.78 Å². The third kappa shape index (κ3) is 2.78. The topological polar surface area (TPSA) is 29.9 Å². The van der Waals surface area contributed by atoms with Gasteiger partial charge in [0, 0.05) is 27.4 Å². The van der Waals surface area contributed by atoms with Gasteiger partial charge < -0.3 is 5.32 Å². The van der Waals surface area contributed by atoms with E-state index >= 15 is 0 Å². The Morgan fingerprint density at radius 2 is 2.20 bits per heavy atom. The third-order valence-corrected chi connectivity index (χ3v) is 5.09. The van der Waals surface area contributed by atoms with E-state index in [0.717, 1.165) is 15.8 Å². The molecule has 0 fully saturated rings. The molecule has 0 aliphatic heterocycles. The van der Waals surface area contributed by atoms with Gasteiger partial charge in [-0.3, -0.25) is 0 Å². The fourth-order valence-electron chi connectivity index (χ4n) is 2.09. The largest absolute Gasteiger partial charge is 0.378 e. The van der Waals surface area contributed by atoms with Crippen molar-refractivity contribution in [3.05, 3.63) is 63.5 Å². The molecule has 0 bridgehead atoms. The van der Waals surface area contributed by atoms with Crippen LogP contribution in [0.1, 0.15) is 17.8 Å². The predicted molar refractivity (Wildman–Crippen MR) is 87.6 cm³/mol. The van der Waals surface area contributed by atoms with Gasteiger partial charge in [-0.25, -0.2) is 4.68 Å². The fraction of sp³-hybridized carbons (Fsp3) is 0.133. The summed E-state index contributed by atoms with van der Waals surface area (Å²) >= 11 is 5.33. The summed E-state index contributed by atoms with van der Waals surface area (Å²) in [6.45, 7) is 2.16. The van der Waals surface area contributed by atoms with Crippen LogP contribution in [-0.2, 0) is 0 Å². The van der Waals surface area contributed by atoms with Crippen molar-refractivity contribution in [1.29, 1.82) is 0 Å². The Hall–Kier alpha value is -1.59. The van der Waals surface area contributed by atoms with Crippen LogP contribution in [0.15, 0.2) is 58.6 Å². The second kappa shape index (κ2) is 5.81. The minimum atomic E-state index is 0.261. The number of benzene rings is 1. The van der Waals surface area contributed by atoms with Gasteiger partial charge in [-0.05, 0) is 58.6 Å². The van der Waals surface area contributed by atoms with E-state index in [1.807, 2.05) is 29.1 Å². The molecule has 1 N–H and O–H groups in total. The van der Waals surface area contributed by atoms with Crippen LogP contribution in [0.4, 0.5) is 5.69 Å². The van der Waals surface area contributed by atoms with Gasteiger partial charge in [0.2, 0.25) is 0 Å². The van der Waals surface area contributed by atoms with Gasteiger partial charge in [0.1, 0.15) is 0 Å². The van der Waals surface area contributed by atoms with Crippen LogP contribution in [0.5, 0.6) is 0 Å². The molecule has 0 amide bonds. The molecule has 5 heteroatoms. The molecule has 3 nitrogen and oxygen atoms in total. The Balaban J connectivity index is 1.81. The van der Waals surface area contributed by atoms with Gasteiger partial charge in [-0.1, -0.05) is 6.07 Å². The van der Waals surface area contributed by atoms with Gasteiger partial charge >= 0.3 is 0 Å². The number of aromatic nitrogens is 2. The van der Waals surface area contributed by atoms with Crippen molar-refractivity contribution in [3.8, 4) is 5.69 Å². The average molecular weight is 348 g/mol. The zero-order valence-corrected chi connectivity index (χ0v) is 13.4. The summed E-state index contributed by atoms with van der Waals surface area (Å²) in [7, 11) is 0. The molecule has 0 radical (unpaired) electrons. The van der Waals surface area contributed by atoms with Crippen LogP contribution in [0.25, 0.3) is 5.69 Å². The first-order valence-corrected chi connectivity index (χ1v) is 8.01. The summed E-state index contributed by atoms with van der Waals surface area (Å²) < 4.78 is 3.02. The molecule has 3 aromatic rings. The maximum absolute atomic E-state index is 4.25. The van der Waals surface area contributed by atoms with Crippen LogP contribution < -0.4 is 5.32 Å². The van der Waals surface area contributed by atoms with Crippen LogP contribution in [0.3, 0.4) is 0 Å². The summed E-state index contributed by atoms with van der Waals surface area (Å²) in [5, 5.41) is 9.88. The molecule has 102 valence electrons. The van der Waals surface area contributed by atoms with Crippen molar-refractivity contribution in [2.45, 2.75) is 13.0 Å². The van der Waals surface area contributed by atoms with Crippen molar-refractivity contribution in [1.82, 2.24) is 9.78 Å². The molecule has 20 heavy (non-hydrogen) atoms. The number of halogens is 1.